The van der Waals surface area contributed by atoms with Gasteiger partial charge in [0, 0.05) is 43.5 Å². The summed E-state index contributed by atoms with van der Waals surface area (Å²) in [7, 11) is 0. The molecular formula is C23H21FN6OS. The van der Waals surface area contributed by atoms with E-state index in [1.807, 2.05) is 17.5 Å². The molecule has 0 radical (unpaired) electrons. The van der Waals surface area contributed by atoms with E-state index in [1.165, 1.54) is 36.4 Å². The first-order valence-corrected chi connectivity index (χ1v) is 11.3. The average molecular weight is 449 g/mol. The highest BCUT2D eigenvalue weighted by molar-refractivity contribution is 7.14. The van der Waals surface area contributed by atoms with Crippen molar-refractivity contribution in [3.63, 3.8) is 0 Å². The average Bonchev–Trinajstić information content (AvgIpc) is 3.51. The van der Waals surface area contributed by atoms with Crippen LogP contribution in [0.25, 0.3) is 12.2 Å². The number of carbonyl (C=O) groups is 1. The molecule has 0 bridgehead atoms. The number of hydrogen-bond acceptors (Lipinski definition) is 5. The number of halogens is 1. The molecule has 7 nitrogen and oxygen atoms in total. The molecule has 4 aromatic rings. The van der Waals surface area contributed by atoms with Gasteiger partial charge in [-0.15, -0.1) is 11.3 Å². The summed E-state index contributed by atoms with van der Waals surface area (Å²) in [6.45, 7) is 1.40. The Labute approximate surface area is 188 Å². The third-order valence-electron chi connectivity index (χ3n) is 5.30. The summed E-state index contributed by atoms with van der Waals surface area (Å²) in [5.41, 5.74) is 2.88. The van der Waals surface area contributed by atoms with Crippen LogP contribution in [0.15, 0.2) is 48.2 Å². The van der Waals surface area contributed by atoms with Crippen LogP contribution in [-0.2, 0) is 19.5 Å². The van der Waals surface area contributed by atoms with Crippen LogP contribution in [0.5, 0.6) is 0 Å². The van der Waals surface area contributed by atoms with Gasteiger partial charge in [-0.05, 0) is 54.8 Å². The minimum Gasteiger partial charge on any atom is -0.339 e. The van der Waals surface area contributed by atoms with E-state index in [-0.39, 0.29) is 5.91 Å². The van der Waals surface area contributed by atoms with Crippen molar-refractivity contribution in [1.29, 1.82) is 0 Å². The van der Waals surface area contributed by atoms with Crippen LogP contribution < -0.4 is 5.32 Å². The Morgan fingerprint density at radius 2 is 2.12 bits per heavy atom. The molecule has 0 saturated heterocycles. The lowest BCUT2D eigenvalue weighted by Crippen LogP contribution is -2.17. The van der Waals surface area contributed by atoms with Gasteiger partial charge in [0.05, 0.1) is 11.4 Å². The zero-order chi connectivity index (χ0) is 21.9. The number of anilines is 1. The smallest absolute Gasteiger partial charge is 0.274 e. The minimum absolute atomic E-state index is 0.267. The molecule has 0 saturated carbocycles. The number of pyridine rings is 1. The standard InChI is InChI=1S/C23H21FN6OS/c24-20-12-16(8-9-25-20)13-29-11-3-4-19(29)22(31)28-23-27-18(15-32-23)7-6-17-14-30-10-2-1-5-21(30)26-17/h3-4,6-9,11-12,14-15H,1-2,5,10,13H2,(H,27,28,31)/b7-6+. The van der Waals surface area contributed by atoms with Crippen molar-refractivity contribution in [3.8, 4) is 0 Å². The Bertz CT molecular complexity index is 1260. The van der Waals surface area contributed by atoms with Crippen molar-refractivity contribution < 1.29 is 9.18 Å². The number of carbonyl (C=O) groups excluding carboxylic acids is 1. The quantitative estimate of drug-likeness (QED) is 0.441. The van der Waals surface area contributed by atoms with E-state index in [1.54, 1.807) is 29.0 Å². The fraction of sp³-hybridized carbons (Fsp3) is 0.217. The van der Waals surface area contributed by atoms with Crippen LogP contribution in [0, 0.1) is 5.95 Å². The summed E-state index contributed by atoms with van der Waals surface area (Å²) < 4.78 is 17.3. The molecule has 0 spiro atoms. The maximum absolute atomic E-state index is 13.4. The van der Waals surface area contributed by atoms with E-state index in [0.717, 1.165) is 35.7 Å². The van der Waals surface area contributed by atoms with E-state index in [0.29, 0.717) is 17.4 Å². The van der Waals surface area contributed by atoms with Crippen molar-refractivity contribution >= 4 is 34.5 Å². The van der Waals surface area contributed by atoms with E-state index in [2.05, 4.69) is 31.0 Å². The minimum atomic E-state index is -0.542. The van der Waals surface area contributed by atoms with Crippen molar-refractivity contribution in [2.24, 2.45) is 0 Å². The number of thiazole rings is 1. The SMILES string of the molecule is O=C(Nc1nc(/C=C/c2cn3c(n2)CCCC3)cs1)c1cccn1Cc1ccnc(F)c1. The van der Waals surface area contributed by atoms with Crippen LogP contribution in [0.2, 0.25) is 0 Å². The van der Waals surface area contributed by atoms with Crippen LogP contribution in [0.3, 0.4) is 0 Å². The van der Waals surface area contributed by atoms with Crippen LogP contribution in [-0.4, -0.2) is 30.0 Å². The number of fused-ring (bicyclic) bond motifs is 1. The maximum Gasteiger partial charge on any atom is 0.274 e. The van der Waals surface area contributed by atoms with Crippen molar-refractivity contribution in [1.82, 2.24) is 24.1 Å². The second-order valence-corrected chi connectivity index (χ2v) is 8.46. The zero-order valence-corrected chi connectivity index (χ0v) is 18.1. The van der Waals surface area contributed by atoms with Gasteiger partial charge in [0.2, 0.25) is 5.95 Å². The molecule has 0 fully saturated rings. The topological polar surface area (TPSA) is 77.6 Å². The van der Waals surface area contributed by atoms with Gasteiger partial charge in [0.25, 0.3) is 5.91 Å². The monoisotopic (exact) mass is 448 g/mol. The highest BCUT2D eigenvalue weighted by atomic mass is 32.1. The van der Waals surface area contributed by atoms with Crippen molar-refractivity contribution in [2.45, 2.75) is 32.4 Å². The molecule has 32 heavy (non-hydrogen) atoms. The lowest BCUT2D eigenvalue weighted by Gasteiger charge is -2.11. The number of imidazole rings is 1. The molecule has 0 aromatic carbocycles. The van der Waals surface area contributed by atoms with Crippen LogP contribution >= 0.6 is 11.3 Å². The number of aromatic nitrogens is 5. The Morgan fingerprint density at radius 1 is 1.22 bits per heavy atom. The van der Waals surface area contributed by atoms with Crippen molar-refractivity contribution in [3.05, 3.63) is 82.7 Å². The van der Waals surface area contributed by atoms with Gasteiger partial charge in [-0.1, -0.05) is 0 Å². The fourth-order valence-electron chi connectivity index (χ4n) is 3.76. The van der Waals surface area contributed by atoms with Gasteiger partial charge >= 0.3 is 0 Å². The molecule has 1 aliphatic rings. The lowest BCUT2D eigenvalue weighted by atomic mass is 10.2. The molecule has 162 valence electrons. The maximum atomic E-state index is 13.4. The largest absolute Gasteiger partial charge is 0.339 e. The van der Waals surface area contributed by atoms with Gasteiger partial charge in [0.1, 0.15) is 11.5 Å². The number of amides is 1. The molecule has 4 aromatic heterocycles. The highest BCUT2D eigenvalue weighted by Gasteiger charge is 2.14. The number of nitrogens with zero attached hydrogens (tertiary/aromatic N) is 5. The van der Waals surface area contributed by atoms with Gasteiger partial charge < -0.3 is 9.13 Å². The Kier molecular flexibility index (Phi) is 5.64. The summed E-state index contributed by atoms with van der Waals surface area (Å²) in [6.07, 6.45) is 12.5. The van der Waals surface area contributed by atoms with E-state index >= 15 is 0 Å². The highest BCUT2D eigenvalue weighted by Crippen LogP contribution is 2.20. The number of rotatable bonds is 6. The lowest BCUT2D eigenvalue weighted by molar-refractivity contribution is 0.101. The van der Waals surface area contributed by atoms with Gasteiger partial charge in [-0.2, -0.15) is 4.39 Å². The molecular weight excluding hydrogens is 427 g/mol. The molecule has 0 unspecified atom stereocenters. The number of aryl methyl sites for hydroxylation is 2. The van der Waals surface area contributed by atoms with Gasteiger partial charge in [-0.25, -0.2) is 15.0 Å². The Morgan fingerprint density at radius 3 is 3.00 bits per heavy atom. The molecule has 0 aliphatic carbocycles. The van der Waals surface area contributed by atoms with Crippen LogP contribution in [0.4, 0.5) is 9.52 Å². The molecule has 5 rings (SSSR count). The molecule has 0 atom stereocenters. The first-order chi connectivity index (χ1) is 15.6. The zero-order valence-electron chi connectivity index (χ0n) is 17.2. The number of hydrogen-bond donors (Lipinski definition) is 1. The predicted molar refractivity (Wildman–Crippen MR) is 122 cm³/mol. The normalized spacial score (nSPS) is 13.4. The van der Waals surface area contributed by atoms with Crippen LogP contribution in [0.1, 0.15) is 46.1 Å². The van der Waals surface area contributed by atoms with Gasteiger partial charge in [-0.3, -0.25) is 10.1 Å². The Hall–Kier alpha value is -3.59. The first-order valence-electron chi connectivity index (χ1n) is 10.4. The van der Waals surface area contributed by atoms with Crippen molar-refractivity contribution in [2.75, 3.05) is 5.32 Å². The second kappa shape index (κ2) is 8.88. The summed E-state index contributed by atoms with van der Waals surface area (Å²) in [6, 6.07) is 6.59. The third kappa shape index (κ3) is 4.52. The van der Waals surface area contributed by atoms with E-state index in [4.69, 9.17) is 0 Å². The predicted octanol–water partition coefficient (Wildman–Crippen LogP) is 4.48. The first kappa shape index (κ1) is 20.3. The second-order valence-electron chi connectivity index (χ2n) is 7.61. The van der Waals surface area contributed by atoms with E-state index in [9.17, 15) is 9.18 Å². The third-order valence-corrected chi connectivity index (χ3v) is 6.08. The molecule has 1 aliphatic heterocycles. The summed E-state index contributed by atoms with van der Waals surface area (Å²) in [5.74, 6) is 0.329. The number of nitrogens with one attached hydrogen (secondary N) is 1. The summed E-state index contributed by atoms with van der Waals surface area (Å²) in [5, 5.41) is 5.25. The summed E-state index contributed by atoms with van der Waals surface area (Å²) >= 11 is 1.36. The Balaban J connectivity index is 1.24. The van der Waals surface area contributed by atoms with E-state index < -0.39 is 5.95 Å². The fourth-order valence-corrected chi connectivity index (χ4v) is 4.44. The molecule has 1 amide bonds. The molecule has 9 heteroatoms. The molecule has 1 N–H and O–H groups in total. The van der Waals surface area contributed by atoms with Gasteiger partial charge in [0.15, 0.2) is 5.13 Å². The molecule has 5 heterocycles. The summed E-state index contributed by atoms with van der Waals surface area (Å²) in [4.78, 5) is 25.5.